The molecule has 6 aromatic heterocycles. The van der Waals surface area contributed by atoms with E-state index in [2.05, 4.69) is 330 Å². The van der Waals surface area contributed by atoms with Gasteiger partial charge in [0.05, 0.1) is 61.2 Å². The summed E-state index contributed by atoms with van der Waals surface area (Å²) in [6.07, 6.45) is 10.9. The summed E-state index contributed by atoms with van der Waals surface area (Å²) in [6.45, 7) is 0. The molecule has 89 heavy (non-hydrogen) atoms. The zero-order valence-electron chi connectivity index (χ0n) is 48.1. The molecule has 6 heterocycles. The summed E-state index contributed by atoms with van der Waals surface area (Å²) in [6, 6.07) is 103. The van der Waals surface area contributed by atoms with Crippen molar-refractivity contribution in [3.63, 3.8) is 0 Å². The molecular weight excluding hydrogens is 1280 g/mol. The number of imidazole rings is 2. The second-order valence-electron chi connectivity index (χ2n) is 21.4. The normalized spacial score (nSPS) is 11.3. The van der Waals surface area contributed by atoms with Gasteiger partial charge in [-0.1, -0.05) is 219 Å². The fraction of sp³-hybridized carbons (Fsp3) is 0. The molecule has 0 unspecified atom stereocenters. The summed E-state index contributed by atoms with van der Waals surface area (Å²) in [4.78, 5) is 9.21. The Hall–Kier alpha value is -10.1. The first kappa shape index (κ1) is 55.5. The van der Waals surface area contributed by atoms with Gasteiger partial charge >= 0.3 is 27.0 Å². The molecule has 0 aliphatic heterocycles. The molecule has 0 amide bonds. The van der Waals surface area contributed by atoms with Crippen molar-refractivity contribution in [2.45, 2.75) is 0 Å². The third-order valence-electron chi connectivity index (χ3n) is 16.6. The van der Waals surface area contributed by atoms with Crippen molar-refractivity contribution in [3.8, 4) is 45.5 Å². The second kappa shape index (κ2) is 24.2. The largest absolute Gasteiger partial charge is 0.430 e. The van der Waals surface area contributed by atoms with Crippen LogP contribution in [0.2, 0.25) is 0 Å². The van der Waals surface area contributed by atoms with Crippen molar-refractivity contribution >= 4 is 120 Å². The van der Waals surface area contributed by atoms with Gasteiger partial charge in [-0.05, 0) is 108 Å². The molecule has 8 nitrogen and oxygen atoms in total. The van der Waals surface area contributed by atoms with Gasteiger partial charge in [0.2, 0.25) is 0 Å². The van der Waals surface area contributed by atoms with E-state index in [0.29, 0.717) is 0 Å². The summed E-state index contributed by atoms with van der Waals surface area (Å²) in [7, 11) is 4.76. The fourth-order valence-corrected chi connectivity index (χ4v) is 13.5. The van der Waals surface area contributed by atoms with Crippen LogP contribution >= 0.6 is 32.3 Å². The maximum Gasteiger partial charge on any atom is 0.144 e. The average Bonchev–Trinajstić information content (AvgIpc) is 1.69. The first-order valence-corrected chi connectivity index (χ1v) is 34.3. The number of fused-ring (bicyclic) bond motifs is 12. The molecule has 18 aromatic rings. The Kier molecular flexibility index (Phi) is 15.1. The van der Waals surface area contributed by atoms with E-state index < -0.39 is 0 Å². The SMILES string of the molecule is Ic1ccccc1.[Cl][Zn+].[c-]1nccn1-c1c(-n2c3ccccc3c3ccccc32)cccc1-n1c2ccccc2c2ccccc21.c1ccc(-c2nccn2-c2c(-n3c4ccccc4c4ccccc43)cccc2-n2c3ccccc3c3ccccc32)cc1. The van der Waals surface area contributed by atoms with Gasteiger partial charge < -0.3 is 27.8 Å². The van der Waals surface area contributed by atoms with Crippen LogP contribution in [0.5, 0.6) is 0 Å². The van der Waals surface area contributed by atoms with Crippen molar-refractivity contribution < 1.29 is 17.3 Å². The van der Waals surface area contributed by atoms with Crippen LogP contribution in [0, 0.1) is 9.90 Å². The molecule has 0 bridgehead atoms. The number of nitrogens with zero attached hydrogens (tertiary/aromatic N) is 8. The Balaban J connectivity index is 0.000000132. The smallest absolute Gasteiger partial charge is 0.144 e. The predicted molar refractivity (Wildman–Crippen MR) is 374 cm³/mol. The molecule has 0 radical (unpaired) electrons. The number of benzene rings is 12. The zero-order chi connectivity index (χ0) is 59.8. The van der Waals surface area contributed by atoms with E-state index in [1.807, 2.05) is 41.2 Å². The zero-order valence-corrected chi connectivity index (χ0v) is 53.9. The van der Waals surface area contributed by atoms with E-state index in [1.165, 1.54) is 90.8 Å². The number of rotatable bonds is 7. The summed E-state index contributed by atoms with van der Waals surface area (Å²) < 4.78 is 15.1. The maximum absolute atomic E-state index is 4.90. The van der Waals surface area contributed by atoms with Crippen LogP contribution < -0.4 is 0 Å². The minimum absolute atomic E-state index is 0.847. The van der Waals surface area contributed by atoms with Gasteiger partial charge in [0.15, 0.2) is 0 Å². The van der Waals surface area contributed by atoms with Crippen molar-refractivity contribution in [1.29, 1.82) is 0 Å². The van der Waals surface area contributed by atoms with Crippen molar-refractivity contribution in [3.05, 3.63) is 326 Å². The quantitative estimate of drug-likeness (QED) is 0.0907. The van der Waals surface area contributed by atoms with E-state index in [1.54, 1.807) is 6.20 Å². The molecule has 0 saturated carbocycles. The molecule has 0 N–H and O–H groups in total. The van der Waals surface area contributed by atoms with Crippen LogP contribution in [0.4, 0.5) is 0 Å². The monoisotopic (exact) mass is 1330 g/mol. The molecule has 420 valence electrons. The fourth-order valence-electron chi connectivity index (χ4n) is 13.0. The predicted octanol–water partition coefficient (Wildman–Crippen LogP) is 20.6. The first-order valence-electron chi connectivity index (χ1n) is 29.4. The van der Waals surface area contributed by atoms with Crippen LogP contribution in [0.1, 0.15) is 0 Å². The third-order valence-corrected chi connectivity index (χ3v) is 17.3. The number of hydrogen-bond acceptors (Lipinski definition) is 2. The van der Waals surface area contributed by atoms with Crippen molar-refractivity contribution in [2.75, 3.05) is 0 Å². The van der Waals surface area contributed by atoms with Gasteiger partial charge in [0.25, 0.3) is 0 Å². The Morgan fingerprint density at radius 3 is 0.888 bits per heavy atom. The molecule has 0 atom stereocenters. The molecule has 11 heteroatoms. The summed E-state index contributed by atoms with van der Waals surface area (Å²) >= 11 is 3.13. The van der Waals surface area contributed by atoms with Gasteiger partial charge in [-0.25, -0.2) is 4.98 Å². The summed E-state index contributed by atoms with van der Waals surface area (Å²) in [5.41, 5.74) is 16.9. The van der Waals surface area contributed by atoms with Crippen LogP contribution in [0.15, 0.2) is 316 Å². The number of hydrogen-bond donors (Lipinski definition) is 0. The van der Waals surface area contributed by atoms with E-state index >= 15 is 0 Å². The van der Waals surface area contributed by atoms with Gasteiger partial charge in [0, 0.05) is 88.0 Å². The third kappa shape index (κ3) is 9.72. The molecule has 12 aromatic carbocycles. The first-order chi connectivity index (χ1) is 44.2. The molecule has 18 rings (SSSR count). The number of aromatic nitrogens is 8. The minimum atomic E-state index is 0.847. The van der Waals surface area contributed by atoms with Crippen LogP contribution in [0.3, 0.4) is 0 Å². The van der Waals surface area contributed by atoms with E-state index in [0.717, 1.165) is 62.8 Å². The van der Waals surface area contributed by atoms with Gasteiger partial charge in [-0.3, -0.25) is 4.57 Å². The molecular formula is C78H52ClIN8Zn. The van der Waals surface area contributed by atoms with Crippen LogP contribution in [-0.2, 0) is 17.3 Å². The van der Waals surface area contributed by atoms with Crippen molar-refractivity contribution in [2.24, 2.45) is 0 Å². The molecule has 0 aliphatic rings. The molecule has 0 spiro atoms. The van der Waals surface area contributed by atoms with E-state index in [-0.39, 0.29) is 0 Å². The standard InChI is InChI=1S/C39H26N4.C33H21N4.C6H5I.ClH.Zn/c1-2-13-27(14-3-1)39-40-25-26-41(39)38-36(42-32-19-8-4-15-28(32)29-16-5-9-20-33(29)42)23-12-24-37(38)43-34-21-10-6-17-30(34)31-18-7-11-22-35(31)43;1-5-14-27-23(10-1)24-11-2-6-15-28(24)36(27)31-18-9-19-32(33(31)35-21-20-34-22-35)37-29-16-7-3-12-25(29)26-13-4-8-17-30(26)37;7-6-4-2-1-3-5-6;;/h1-26H;1-21H;1-5H;1H;/q;-1;;;+2/p-1. The minimum Gasteiger partial charge on any atom is -0.430 e. The van der Waals surface area contributed by atoms with E-state index in [9.17, 15) is 0 Å². The van der Waals surface area contributed by atoms with Gasteiger partial charge in [-0.15, -0.1) is 0 Å². The Morgan fingerprint density at radius 1 is 0.303 bits per heavy atom. The molecule has 0 saturated heterocycles. The number of halogens is 2. The maximum atomic E-state index is 4.90. The Labute approximate surface area is 541 Å². The van der Waals surface area contributed by atoms with Crippen LogP contribution in [-0.4, -0.2) is 37.4 Å². The molecule has 0 fully saturated rings. The van der Waals surface area contributed by atoms with Gasteiger partial charge in [-0.2, -0.15) is 0 Å². The average molecular weight is 1330 g/mol. The summed E-state index contributed by atoms with van der Waals surface area (Å²) in [5.74, 6) is 0.899. The summed E-state index contributed by atoms with van der Waals surface area (Å²) in [5, 5.41) is 9.89. The topological polar surface area (TPSA) is 55.4 Å². The Morgan fingerprint density at radius 2 is 0.596 bits per heavy atom. The van der Waals surface area contributed by atoms with Crippen molar-refractivity contribution in [1.82, 2.24) is 37.4 Å². The van der Waals surface area contributed by atoms with Gasteiger partial charge in [0.1, 0.15) is 5.82 Å². The van der Waals surface area contributed by atoms with E-state index in [4.69, 9.17) is 14.7 Å². The Bertz CT molecular complexity index is 5090. The number of para-hydroxylation sites is 10. The second-order valence-corrected chi connectivity index (χ2v) is 22.7. The van der Waals surface area contributed by atoms with Crippen LogP contribution in [0.25, 0.3) is 133 Å². The molecule has 0 aliphatic carbocycles.